The number of amides is 1. The normalized spacial score (nSPS) is 13.6. The number of rotatable bonds is 6. The van der Waals surface area contributed by atoms with Gasteiger partial charge in [0.1, 0.15) is 5.75 Å². The van der Waals surface area contributed by atoms with Crippen LogP contribution in [-0.2, 0) is 0 Å². The number of ether oxygens (including phenoxy) is 3. The lowest BCUT2D eigenvalue weighted by Gasteiger charge is -2.25. The Morgan fingerprint density at radius 1 is 1.31 bits per heavy atom. The topological polar surface area (TPSA) is 60.0 Å². The highest BCUT2D eigenvalue weighted by molar-refractivity contribution is 6.32. The fraction of sp³-hybridized carbons (Fsp3) is 0.316. The van der Waals surface area contributed by atoms with E-state index in [1.807, 2.05) is 43.3 Å². The molecule has 0 saturated carbocycles. The summed E-state index contributed by atoms with van der Waals surface area (Å²) in [5, 5.41) is 3.32. The molecule has 0 saturated heterocycles. The van der Waals surface area contributed by atoms with Gasteiger partial charge in [-0.3, -0.25) is 4.79 Å². The van der Waals surface area contributed by atoms with Gasteiger partial charge in [-0.25, -0.2) is 0 Å². The molecule has 0 aliphatic carbocycles. The van der Waals surface area contributed by atoms with Crippen molar-refractivity contribution in [2.75, 3.05) is 34.5 Å². The highest BCUT2D eigenvalue weighted by Gasteiger charge is 2.22. The van der Waals surface area contributed by atoms with Gasteiger partial charge in [0.05, 0.1) is 18.2 Å². The Morgan fingerprint density at radius 3 is 2.85 bits per heavy atom. The molecule has 26 heavy (non-hydrogen) atoms. The molecule has 1 aliphatic rings. The second-order valence-electron chi connectivity index (χ2n) is 6.16. The summed E-state index contributed by atoms with van der Waals surface area (Å²) in [6.07, 6.45) is 0. The second kappa shape index (κ2) is 7.85. The lowest BCUT2D eigenvalue weighted by molar-refractivity contribution is 0.0941. The van der Waals surface area contributed by atoms with E-state index in [0.717, 1.165) is 11.3 Å². The van der Waals surface area contributed by atoms with Gasteiger partial charge in [0.2, 0.25) is 6.79 Å². The number of carbonyl (C=O) groups excluding carboxylic acids is 1. The molecular weight excluding hydrogens is 356 g/mol. The average molecular weight is 377 g/mol. The average Bonchev–Trinajstić information content (AvgIpc) is 3.11. The number of hydrogen-bond donors (Lipinski definition) is 1. The summed E-state index contributed by atoms with van der Waals surface area (Å²) >= 11 is 6.15. The third-order valence-electron chi connectivity index (χ3n) is 4.25. The van der Waals surface area contributed by atoms with Gasteiger partial charge in [-0.1, -0.05) is 23.7 Å². The molecular formula is C19H21ClN2O4. The number of carbonyl (C=O) groups is 1. The Bertz CT molecular complexity index is 810. The number of likely N-dealkylation sites (N-methyl/N-ethyl adjacent to an activating group) is 1. The van der Waals surface area contributed by atoms with Crippen molar-refractivity contribution in [2.45, 2.75) is 6.04 Å². The van der Waals surface area contributed by atoms with E-state index in [1.165, 1.54) is 0 Å². The summed E-state index contributed by atoms with van der Waals surface area (Å²) in [6, 6.07) is 11.0. The van der Waals surface area contributed by atoms with Crippen molar-refractivity contribution in [1.29, 1.82) is 0 Å². The molecule has 1 heterocycles. The summed E-state index contributed by atoms with van der Waals surface area (Å²) in [6.45, 7) is 0.545. The first-order valence-electron chi connectivity index (χ1n) is 8.17. The van der Waals surface area contributed by atoms with Gasteiger partial charge in [-0.15, -0.1) is 0 Å². The van der Waals surface area contributed by atoms with Crippen LogP contribution in [0.2, 0.25) is 5.02 Å². The van der Waals surface area contributed by atoms with Gasteiger partial charge < -0.3 is 24.4 Å². The molecule has 2 aromatic rings. The zero-order valence-electron chi connectivity index (χ0n) is 14.9. The molecule has 1 unspecified atom stereocenters. The van der Waals surface area contributed by atoms with Crippen molar-refractivity contribution in [3.05, 3.63) is 52.5 Å². The van der Waals surface area contributed by atoms with E-state index in [4.69, 9.17) is 25.8 Å². The number of fused-ring (bicyclic) bond motifs is 1. The maximum absolute atomic E-state index is 12.6. The van der Waals surface area contributed by atoms with E-state index in [2.05, 4.69) is 5.32 Å². The quantitative estimate of drug-likeness (QED) is 0.839. The number of nitrogens with one attached hydrogen (secondary N) is 1. The van der Waals surface area contributed by atoms with Crippen molar-refractivity contribution in [3.8, 4) is 17.2 Å². The maximum Gasteiger partial charge on any atom is 0.251 e. The number of halogens is 1. The van der Waals surface area contributed by atoms with E-state index < -0.39 is 0 Å². The number of benzene rings is 2. The van der Waals surface area contributed by atoms with Crippen LogP contribution in [0.15, 0.2) is 36.4 Å². The molecule has 1 N–H and O–H groups in total. The van der Waals surface area contributed by atoms with E-state index >= 15 is 0 Å². The lowest BCUT2D eigenvalue weighted by Crippen LogP contribution is -2.34. The second-order valence-corrected chi connectivity index (χ2v) is 6.57. The summed E-state index contributed by atoms with van der Waals surface area (Å²) in [5.41, 5.74) is 1.49. The monoisotopic (exact) mass is 376 g/mol. The summed E-state index contributed by atoms with van der Waals surface area (Å²) in [4.78, 5) is 14.6. The highest BCUT2D eigenvalue weighted by atomic mass is 35.5. The maximum atomic E-state index is 12.6. The van der Waals surface area contributed by atoms with Gasteiger partial charge in [-0.2, -0.15) is 0 Å². The Kier molecular flexibility index (Phi) is 5.54. The molecule has 0 bridgehead atoms. The van der Waals surface area contributed by atoms with Gasteiger partial charge in [-0.05, 0) is 43.9 Å². The van der Waals surface area contributed by atoms with Crippen LogP contribution in [-0.4, -0.2) is 45.3 Å². The van der Waals surface area contributed by atoms with Crippen molar-refractivity contribution in [2.24, 2.45) is 0 Å². The van der Waals surface area contributed by atoms with Gasteiger partial charge in [0, 0.05) is 12.1 Å². The van der Waals surface area contributed by atoms with Crippen LogP contribution in [0.3, 0.4) is 0 Å². The molecule has 7 heteroatoms. The first-order chi connectivity index (χ1) is 12.5. The summed E-state index contributed by atoms with van der Waals surface area (Å²) in [5.74, 6) is 1.52. The van der Waals surface area contributed by atoms with Crippen LogP contribution in [0.4, 0.5) is 0 Å². The minimum Gasteiger partial charge on any atom is -0.497 e. The third-order valence-corrected chi connectivity index (χ3v) is 4.53. The molecule has 1 atom stereocenters. The molecule has 0 radical (unpaired) electrons. The van der Waals surface area contributed by atoms with Crippen LogP contribution >= 0.6 is 11.6 Å². The van der Waals surface area contributed by atoms with Gasteiger partial charge >= 0.3 is 0 Å². The zero-order chi connectivity index (χ0) is 18.7. The zero-order valence-corrected chi connectivity index (χ0v) is 15.7. The Labute approximate surface area is 157 Å². The van der Waals surface area contributed by atoms with Crippen LogP contribution in [0.1, 0.15) is 22.0 Å². The molecule has 0 spiro atoms. The van der Waals surface area contributed by atoms with Gasteiger partial charge in [0.15, 0.2) is 11.5 Å². The Morgan fingerprint density at radius 2 is 2.12 bits per heavy atom. The Hall–Kier alpha value is -2.44. The van der Waals surface area contributed by atoms with E-state index in [9.17, 15) is 4.79 Å². The highest BCUT2D eigenvalue weighted by Crippen LogP contribution is 2.39. The van der Waals surface area contributed by atoms with Crippen molar-refractivity contribution >= 4 is 17.5 Å². The first kappa shape index (κ1) is 18.4. The SMILES string of the molecule is COc1cccc(C(CNC(=O)c2cc(Cl)c3c(c2)OCO3)N(C)C)c1. The number of hydrogen-bond acceptors (Lipinski definition) is 5. The molecule has 0 aromatic heterocycles. The van der Waals surface area contributed by atoms with Crippen LogP contribution in [0.5, 0.6) is 17.2 Å². The standard InChI is InChI=1S/C19H21ClN2O4/c1-22(2)16(12-5-4-6-14(7-12)24-3)10-21-19(23)13-8-15(20)18-17(9-13)25-11-26-18/h4-9,16H,10-11H2,1-3H3,(H,21,23). The van der Waals surface area contributed by atoms with E-state index in [1.54, 1.807) is 19.2 Å². The minimum absolute atomic E-state index is 0.00136. The summed E-state index contributed by atoms with van der Waals surface area (Å²) < 4.78 is 15.9. The third kappa shape index (κ3) is 3.86. The largest absolute Gasteiger partial charge is 0.497 e. The molecule has 3 rings (SSSR count). The number of nitrogens with zero attached hydrogens (tertiary/aromatic N) is 1. The van der Waals surface area contributed by atoms with Crippen LogP contribution in [0, 0.1) is 0 Å². The predicted octanol–water partition coefficient (Wildman–Crippen LogP) is 3.11. The van der Waals surface area contributed by atoms with Crippen molar-refractivity contribution in [3.63, 3.8) is 0 Å². The molecule has 1 amide bonds. The lowest BCUT2D eigenvalue weighted by atomic mass is 10.1. The minimum atomic E-state index is -0.222. The van der Waals surface area contributed by atoms with Crippen molar-refractivity contribution < 1.29 is 19.0 Å². The number of methoxy groups -OCH3 is 1. The van der Waals surface area contributed by atoms with Crippen molar-refractivity contribution in [1.82, 2.24) is 10.2 Å². The smallest absolute Gasteiger partial charge is 0.251 e. The van der Waals surface area contributed by atoms with Gasteiger partial charge in [0.25, 0.3) is 5.91 Å². The van der Waals surface area contributed by atoms with Crippen LogP contribution in [0.25, 0.3) is 0 Å². The fourth-order valence-corrected chi connectivity index (χ4v) is 3.10. The summed E-state index contributed by atoms with van der Waals surface area (Å²) in [7, 11) is 5.57. The molecule has 6 nitrogen and oxygen atoms in total. The van der Waals surface area contributed by atoms with Crippen LogP contribution < -0.4 is 19.5 Å². The molecule has 138 valence electrons. The fourth-order valence-electron chi connectivity index (χ4n) is 2.84. The van der Waals surface area contributed by atoms with E-state index in [-0.39, 0.29) is 18.7 Å². The predicted molar refractivity (Wildman–Crippen MR) is 99.3 cm³/mol. The Balaban J connectivity index is 1.73. The van der Waals surface area contributed by atoms with E-state index in [0.29, 0.717) is 28.6 Å². The molecule has 0 fully saturated rings. The first-order valence-corrected chi connectivity index (χ1v) is 8.55. The molecule has 2 aromatic carbocycles. The molecule has 1 aliphatic heterocycles.